The molecule has 0 atom stereocenters. The van der Waals surface area contributed by atoms with E-state index in [2.05, 4.69) is 36.3 Å². The molecule has 0 bridgehead atoms. The monoisotopic (exact) mass is 317 g/mol. The van der Waals surface area contributed by atoms with E-state index in [-0.39, 0.29) is 0 Å². The van der Waals surface area contributed by atoms with E-state index in [4.69, 9.17) is 0 Å². The van der Waals surface area contributed by atoms with Crippen molar-refractivity contribution in [1.82, 2.24) is 4.98 Å². The second-order valence-electron chi connectivity index (χ2n) is 5.34. The molecule has 2 aromatic heterocycles. The topological polar surface area (TPSA) is 50.2 Å². The van der Waals surface area contributed by atoms with Gasteiger partial charge in [0, 0.05) is 21.0 Å². The Kier molecular flexibility index (Phi) is 3.78. The fourth-order valence-electron chi connectivity index (χ4n) is 2.30. The third-order valence-electron chi connectivity index (χ3n) is 3.20. The lowest BCUT2D eigenvalue weighted by Gasteiger charge is -2.01. The maximum Gasteiger partial charge on any atom is 0.347 e. The summed E-state index contributed by atoms with van der Waals surface area (Å²) in [7, 11) is 0. The maximum absolute atomic E-state index is 11.4. The molecule has 2 heterocycles. The number of hydrogen-bond acceptors (Lipinski definition) is 4. The van der Waals surface area contributed by atoms with Crippen LogP contribution in [0.15, 0.2) is 29.6 Å². The third-order valence-corrected chi connectivity index (χ3v) is 5.29. The molecular formula is C16H15NO2S2. The SMILES string of the molecule is CC(C)Cc1nc(-c2csc3ccccc23)sc1C(=O)O. The molecule has 1 N–H and O–H groups in total. The van der Waals surface area contributed by atoms with Crippen molar-refractivity contribution in [1.29, 1.82) is 0 Å². The average Bonchev–Trinajstić information content (AvgIpc) is 3.01. The Morgan fingerprint density at radius 3 is 2.81 bits per heavy atom. The molecule has 0 unspecified atom stereocenters. The Bertz CT molecular complexity index is 802. The van der Waals surface area contributed by atoms with Gasteiger partial charge in [-0.3, -0.25) is 0 Å². The van der Waals surface area contributed by atoms with Crippen LogP contribution in [0, 0.1) is 5.92 Å². The fourth-order valence-corrected chi connectivity index (χ4v) is 4.28. The standard InChI is InChI=1S/C16H15NO2S2/c1-9(2)7-12-14(16(18)19)21-15(17-12)11-8-20-13-6-4-3-5-10(11)13/h3-6,8-9H,7H2,1-2H3,(H,18,19). The maximum atomic E-state index is 11.4. The first-order valence-corrected chi connectivity index (χ1v) is 8.45. The number of fused-ring (bicyclic) bond motifs is 1. The van der Waals surface area contributed by atoms with Crippen molar-refractivity contribution in [3.8, 4) is 10.6 Å². The lowest BCUT2D eigenvalue weighted by Crippen LogP contribution is -2.02. The van der Waals surface area contributed by atoms with Crippen LogP contribution in [0.2, 0.25) is 0 Å². The number of hydrogen-bond donors (Lipinski definition) is 1. The molecule has 0 saturated heterocycles. The zero-order chi connectivity index (χ0) is 15.0. The molecule has 1 aromatic carbocycles. The summed E-state index contributed by atoms with van der Waals surface area (Å²) in [5.74, 6) is -0.494. The van der Waals surface area contributed by atoms with Gasteiger partial charge in [0.25, 0.3) is 0 Å². The van der Waals surface area contributed by atoms with Crippen molar-refractivity contribution in [2.75, 3.05) is 0 Å². The molecule has 0 radical (unpaired) electrons. The van der Waals surface area contributed by atoms with Crippen molar-refractivity contribution in [2.24, 2.45) is 5.92 Å². The van der Waals surface area contributed by atoms with Gasteiger partial charge in [-0.25, -0.2) is 9.78 Å². The molecule has 108 valence electrons. The van der Waals surface area contributed by atoms with Crippen LogP contribution in [0.25, 0.3) is 20.7 Å². The molecule has 5 heteroatoms. The van der Waals surface area contributed by atoms with E-state index in [9.17, 15) is 9.90 Å². The number of carboxylic acids is 1. The van der Waals surface area contributed by atoms with Crippen LogP contribution in [0.1, 0.15) is 29.2 Å². The Balaban J connectivity index is 2.12. The number of aromatic nitrogens is 1. The lowest BCUT2D eigenvalue weighted by atomic mass is 10.1. The highest BCUT2D eigenvalue weighted by molar-refractivity contribution is 7.20. The summed E-state index contributed by atoms with van der Waals surface area (Å²) in [4.78, 5) is 16.4. The van der Waals surface area contributed by atoms with E-state index in [1.807, 2.05) is 12.1 Å². The molecule has 0 aliphatic heterocycles. The number of nitrogens with zero attached hydrogens (tertiary/aromatic N) is 1. The minimum Gasteiger partial charge on any atom is -0.477 e. The summed E-state index contributed by atoms with van der Waals surface area (Å²) in [6.45, 7) is 4.15. The first kappa shape index (κ1) is 14.2. The van der Waals surface area contributed by atoms with E-state index in [0.29, 0.717) is 22.9 Å². The van der Waals surface area contributed by atoms with Gasteiger partial charge in [-0.15, -0.1) is 22.7 Å². The molecule has 0 fully saturated rings. The van der Waals surface area contributed by atoms with E-state index >= 15 is 0 Å². The van der Waals surface area contributed by atoms with Gasteiger partial charge in [-0.05, 0) is 18.4 Å². The number of aromatic carboxylic acids is 1. The smallest absolute Gasteiger partial charge is 0.347 e. The van der Waals surface area contributed by atoms with Crippen LogP contribution in [0.4, 0.5) is 0 Å². The normalized spacial score (nSPS) is 11.4. The number of thiazole rings is 1. The fraction of sp³-hybridized carbons (Fsp3) is 0.250. The Hall–Kier alpha value is -1.72. The number of carbonyl (C=O) groups is 1. The molecule has 3 aromatic rings. The highest BCUT2D eigenvalue weighted by Crippen LogP contribution is 2.37. The van der Waals surface area contributed by atoms with Crippen molar-refractivity contribution >= 4 is 38.7 Å². The van der Waals surface area contributed by atoms with Crippen LogP contribution < -0.4 is 0 Å². The summed E-state index contributed by atoms with van der Waals surface area (Å²) in [5.41, 5.74) is 1.74. The van der Waals surface area contributed by atoms with Crippen molar-refractivity contribution in [3.05, 3.63) is 40.2 Å². The van der Waals surface area contributed by atoms with Crippen molar-refractivity contribution in [3.63, 3.8) is 0 Å². The van der Waals surface area contributed by atoms with Gasteiger partial charge >= 0.3 is 5.97 Å². The first-order chi connectivity index (χ1) is 10.1. The third kappa shape index (κ3) is 2.71. The Morgan fingerprint density at radius 2 is 2.10 bits per heavy atom. The van der Waals surface area contributed by atoms with Crippen molar-refractivity contribution < 1.29 is 9.90 Å². The minimum atomic E-state index is -0.881. The van der Waals surface area contributed by atoms with E-state index in [1.165, 1.54) is 16.0 Å². The van der Waals surface area contributed by atoms with Crippen LogP contribution in [-0.2, 0) is 6.42 Å². The van der Waals surface area contributed by atoms with E-state index < -0.39 is 5.97 Å². The quantitative estimate of drug-likeness (QED) is 0.743. The summed E-state index contributed by atoms with van der Waals surface area (Å²) < 4.78 is 1.20. The van der Waals surface area contributed by atoms with Crippen molar-refractivity contribution in [2.45, 2.75) is 20.3 Å². The van der Waals surface area contributed by atoms with Gasteiger partial charge in [-0.1, -0.05) is 32.0 Å². The van der Waals surface area contributed by atoms with Crippen LogP contribution in [0.5, 0.6) is 0 Å². The number of rotatable bonds is 4. The number of thiophene rings is 1. The van der Waals surface area contributed by atoms with Crippen LogP contribution in [-0.4, -0.2) is 16.1 Å². The molecule has 0 aliphatic rings. The number of carboxylic acid groups (broad SMARTS) is 1. The second kappa shape index (κ2) is 5.58. The minimum absolute atomic E-state index is 0.369. The lowest BCUT2D eigenvalue weighted by molar-refractivity contribution is 0.0700. The molecule has 0 spiro atoms. The van der Waals surface area contributed by atoms with Gasteiger partial charge in [-0.2, -0.15) is 0 Å². The zero-order valence-electron chi connectivity index (χ0n) is 11.8. The summed E-state index contributed by atoms with van der Waals surface area (Å²) in [5, 5.41) is 13.4. The summed E-state index contributed by atoms with van der Waals surface area (Å²) in [6, 6.07) is 8.14. The predicted molar refractivity (Wildman–Crippen MR) is 88.4 cm³/mol. The molecule has 0 aliphatic carbocycles. The van der Waals surface area contributed by atoms with Gasteiger partial charge in [0.15, 0.2) is 0 Å². The van der Waals surface area contributed by atoms with Crippen LogP contribution in [0.3, 0.4) is 0 Å². The predicted octanol–water partition coefficient (Wildman–Crippen LogP) is 4.92. The Labute approximate surface area is 130 Å². The molecule has 3 rings (SSSR count). The van der Waals surface area contributed by atoms with E-state index in [1.54, 1.807) is 11.3 Å². The molecular weight excluding hydrogens is 302 g/mol. The van der Waals surface area contributed by atoms with E-state index in [0.717, 1.165) is 16.0 Å². The first-order valence-electron chi connectivity index (χ1n) is 6.76. The largest absolute Gasteiger partial charge is 0.477 e. The summed E-state index contributed by atoms with van der Waals surface area (Å²) in [6.07, 6.45) is 0.695. The zero-order valence-corrected chi connectivity index (χ0v) is 13.4. The Morgan fingerprint density at radius 1 is 1.33 bits per heavy atom. The van der Waals surface area contributed by atoms with Gasteiger partial charge in [0.1, 0.15) is 9.88 Å². The molecule has 3 nitrogen and oxygen atoms in total. The van der Waals surface area contributed by atoms with Gasteiger partial charge in [0.2, 0.25) is 0 Å². The van der Waals surface area contributed by atoms with Crippen LogP contribution >= 0.6 is 22.7 Å². The molecule has 0 amide bonds. The van der Waals surface area contributed by atoms with Gasteiger partial charge in [0.05, 0.1) is 5.69 Å². The molecule has 21 heavy (non-hydrogen) atoms. The average molecular weight is 317 g/mol. The number of benzene rings is 1. The molecule has 0 saturated carbocycles. The highest BCUT2D eigenvalue weighted by Gasteiger charge is 2.20. The second-order valence-corrected chi connectivity index (χ2v) is 7.25. The summed E-state index contributed by atoms with van der Waals surface area (Å²) >= 11 is 2.94. The highest BCUT2D eigenvalue weighted by atomic mass is 32.1. The van der Waals surface area contributed by atoms with Gasteiger partial charge < -0.3 is 5.11 Å².